The van der Waals surface area contributed by atoms with E-state index < -0.39 is 6.04 Å². The quantitative estimate of drug-likeness (QED) is 0.514. The van der Waals surface area contributed by atoms with Crippen molar-refractivity contribution < 1.29 is 14.0 Å². The maximum absolute atomic E-state index is 13.3. The molecule has 0 spiro atoms. The van der Waals surface area contributed by atoms with Gasteiger partial charge >= 0.3 is 0 Å². The van der Waals surface area contributed by atoms with Crippen LogP contribution in [0.2, 0.25) is 5.02 Å². The van der Waals surface area contributed by atoms with Gasteiger partial charge in [-0.3, -0.25) is 9.59 Å². The van der Waals surface area contributed by atoms with Crippen LogP contribution in [-0.4, -0.2) is 34.6 Å². The van der Waals surface area contributed by atoms with Gasteiger partial charge in [-0.2, -0.15) is 0 Å². The van der Waals surface area contributed by atoms with Crippen molar-refractivity contribution in [3.63, 3.8) is 0 Å². The molecule has 0 heterocycles. The van der Waals surface area contributed by atoms with Gasteiger partial charge in [0.15, 0.2) is 0 Å². The lowest BCUT2D eigenvalue weighted by Crippen LogP contribution is -2.50. The summed E-state index contributed by atoms with van der Waals surface area (Å²) in [6.45, 7) is 2.03. The van der Waals surface area contributed by atoms with Crippen LogP contribution in [-0.2, 0) is 21.9 Å². The van der Waals surface area contributed by atoms with Crippen LogP contribution >= 0.6 is 23.4 Å². The zero-order valence-electron chi connectivity index (χ0n) is 18.4. The van der Waals surface area contributed by atoms with Crippen molar-refractivity contribution in [3.8, 4) is 0 Å². The van der Waals surface area contributed by atoms with Crippen molar-refractivity contribution in [2.45, 2.75) is 63.4 Å². The van der Waals surface area contributed by atoms with Gasteiger partial charge in [0.25, 0.3) is 0 Å². The summed E-state index contributed by atoms with van der Waals surface area (Å²) in [5, 5.41) is 3.79. The van der Waals surface area contributed by atoms with Crippen molar-refractivity contribution in [1.29, 1.82) is 0 Å². The van der Waals surface area contributed by atoms with Crippen LogP contribution in [0.4, 0.5) is 4.39 Å². The summed E-state index contributed by atoms with van der Waals surface area (Å²) >= 11 is 7.53. The van der Waals surface area contributed by atoms with Gasteiger partial charge < -0.3 is 10.2 Å². The highest BCUT2D eigenvalue weighted by molar-refractivity contribution is 7.99. The molecule has 1 atom stereocenters. The van der Waals surface area contributed by atoms with E-state index >= 15 is 0 Å². The highest BCUT2D eigenvalue weighted by Gasteiger charge is 2.28. The van der Waals surface area contributed by atoms with E-state index in [1.807, 2.05) is 24.3 Å². The van der Waals surface area contributed by atoms with Gasteiger partial charge in [0, 0.05) is 23.4 Å². The average molecular weight is 477 g/mol. The second-order valence-corrected chi connectivity index (χ2v) is 9.71. The van der Waals surface area contributed by atoms with Crippen LogP contribution in [0.5, 0.6) is 0 Å². The van der Waals surface area contributed by atoms with Gasteiger partial charge in [-0.05, 0) is 55.2 Å². The minimum atomic E-state index is -0.610. The summed E-state index contributed by atoms with van der Waals surface area (Å²) in [6, 6.07) is 13.2. The third-order valence-electron chi connectivity index (χ3n) is 5.77. The molecule has 0 radical (unpaired) electrons. The maximum Gasteiger partial charge on any atom is 0.242 e. The molecule has 2 aromatic carbocycles. The van der Waals surface area contributed by atoms with Gasteiger partial charge in [-0.15, -0.1) is 11.8 Å². The van der Waals surface area contributed by atoms with Gasteiger partial charge in [0.05, 0.1) is 5.75 Å². The number of amides is 2. The number of benzene rings is 2. The number of carbonyl (C=O) groups excluding carboxylic acids is 2. The molecule has 2 amide bonds. The molecule has 2 aromatic rings. The molecule has 3 rings (SSSR count). The Morgan fingerprint density at radius 1 is 1.12 bits per heavy atom. The summed E-state index contributed by atoms with van der Waals surface area (Å²) in [5.74, 6) is 0.320. The number of nitrogens with zero attached hydrogens (tertiary/aromatic N) is 1. The van der Waals surface area contributed by atoms with E-state index in [-0.39, 0.29) is 36.0 Å². The van der Waals surface area contributed by atoms with Crippen LogP contribution in [0.1, 0.15) is 50.2 Å². The number of carbonyl (C=O) groups is 2. The number of nitrogens with one attached hydrogen (secondary N) is 1. The smallest absolute Gasteiger partial charge is 0.242 e. The molecule has 0 aromatic heterocycles. The first-order chi connectivity index (χ1) is 15.4. The normalized spacial score (nSPS) is 15.2. The summed E-state index contributed by atoms with van der Waals surface area (Å²) in [4.78, 5) is 27.7. The van der Waals surface area contributed by atoms with Gasteiger partial charge in [-0.1, -0.05) is 55.1 Å². The standard InChI is InChI=1S/C25H30ClFN2O2S/c1-18(25(31)28-23-8-3-2-4-9-23)29(15-19-10-12-22(27)13-11-19)24(30)17-32-16-20-6-5-7-21(26)14-20/h5-7,10-14,18,23H,2-4,8-9,15-17H2,1H3,(H,28,31). The van der Waals surface area contributed by atoms with E-state index in [1.165, 1.54) is 30.3 Å². The molecule has 172 valence electrons. The lowest BCUT2D eigenvalue weighted by atomic mass is 9.95. The first kappa shape index (κ1) is 24.6. The molecule has 1 unspecified atom stereocenters. The summed E-state index contributed by atoms with van der Waals surface area (Å²) in [6.07, 6.45) is 5.43. The molecule has 1 saturated carbocycles. The van der Waals surface area contributed by atoms with Crippen molar-refractivity contribution in [3.05, 3.63) is 70.5 Å². The monoisotopic (exact) mass is 476 g/mol. The molecule has 0 bridgehead atoms. The largest absolute Gasteiger partial charge is 0.352 e. The molecule has 1 aliphatic rings. The Morgan fingerprint density at radius 3 is 2.53 bits per heavy atom. The third kappa shape index (κ3) is 7.52. The minimum Gasteiger partial charge on any atom is -0.352 e. The molecular formula is C25H30ClFN2O2S. The van der Waals surface area contributed by atoms with Gasteiger partial charge in [0.1, 0.15) is 11.9 Å². The van der Waals surface area contributed by atoms with Gasteiger partial charge in [-0.25, -0.2) is 4.39 Å². The third-order valence-corrected chi connectivity index (χ3v) is 6.99. The van der Waals surface area contributed by atoms with E-state index in [0.29, 0.717) is 10.8 Å². The molecule has 0 saturated heterocycles. The lowest BCUT2D eigenvalue weighted by Gasteiger charge is -2.31. The first-order valence-electron chi connectivity index (χ1n) is 11.1. The SMILES string of the molecule is CC(C(=O)NC1CCCCC1)N(Cc1ccc(F)cc1)C(=O)CSCc1cccc(Cl)c1. The van der Waals surface area contributed by atoms with Crippen molar-refractivity contribution in [2.24, 2.45) is 0 Å². The van der Waals surface area contributed by atoms with Crippen molar-refractivity contribution >= 4 is 35.2 Å². The molecule has 32 heavy (non-hydrogen) atoms. The Kier molecular flexibility index (Phi) is 9.42. The highest BCUT2D eigenvalue weighted by Crippen LogP contribution is 2.20. The minimum absolute atomic E-state index is 0.118. The van der Waals surface area contributed by atoms with E-state index in [9.17, 15) is 14.0 Å². The summed E-state index contributed by atoms with van der Waals surface area (Å²) < 4.78 is 13.3. The van der Waals surface area contributed by atoms with E-state index in [4.69, 9.17) is 11.6 Å². The van der Waals surface area contributed by atoms with Crippen molar-refractivity contribution in [2.75, 3.05) is 5.75 Å². The fourth-order valence-corrected chi connectivity index (χ4v) is 4.97. The number of thioether (sulfide) groups is 1. The molecule has 1 aliphatic carbocycles. The molecule has 1 N–H and O–H groups in total. The van der Waals surface area contributed by atoms with Crippen molar-refractivity contribution in [1.82, 2.24) is 10.2 Å². The van der Waals surface area contributed by atoms with Crippen LogP contribution < -0.4 is 5.32 Å². The fraction of sp³-hybridized carbons (Fsp3) is 0.440. The molecule has 7 heteroatoms. The lowest BCUT2D eigenvalue weighted by molar-refractivity contribution is -0.139. The zero-order chi connectivity index (χ0) is 22.9. The maximum atomic E-state index is 13.3. The fourth-order valence-electron chi connectivity index (χ4n) is 3.90. The average Bonchev–Trinajstić information content (AvgIpc) is 2.79. The van der Waals surface area contributed by atoms with Crippen LogP contribution in [0.3, 0.4) is 0 Å². The second kappa shape index (κ2) is 12.3. The summed E-state index contributed by atoms with van der Waals surface area (Å²) in [5.41, 5.74) is 1.83. The predicted octanol–water partition coefficient (Wildman–Crippen LogP) is 5.58. The topological polar surface area (TPSA) is 49.4 Å². The Labute approximate surface area is 198 Å². The van der Waals surface area contributed by atoms with Gasteiger partial charge in [0.2, 0.25) is 11.8 Å². The molecular weight excluding hydrogens is 447 g/mol. The van der Waals surface area contributed by atoms with Crippen LogP contribution in [0.15, 0.2) is 48.5 Å². The zero-order valence-corrected chi connectivity index (χ0v) is 19.9. The Hall–Kier alpha value is -2.05. The summed E-state index contributed by atoms with van der Waals surface area (Å²) in [7, 11) is 0. The second-order valence-electron chi connectivity index (χ2n) is 8.29. The predicted molar refractivity (Wildman–Crippen MR) is 129 cm³/mol. The Balaban J connectivity index is 1.64. The molecule has 1 fully saturated rings. The van der Waals surface area contributed by atoms with Crippen LogP contribution in [0.25, 0.3) is 0 Å². The Bertz CT molecular complexity index is 903. The van der Waals surface area contributed by atoms with E-state index in [2.05, 4.69) is 5.32 Å². The number of hydrogen-bond donors (Lipinski definition) is 1. The molecule has 0 aliphatic heterocycles. The number of rotatable bonds is 9. The van der Waals surface area contributed by atoms with Crippen LogP contribution in [0, 0.1) is 5.82 Å². The molecule has 4 nitrogen and oxygen atoms in total. The first-order valence-corrected chi connectivity index (χ1v) is 12.6. The number of hydrogen-bond acceptors (Lipinski definition) is 3. The number of halogens is 2. The Morgan fingerprint density at radius 2 is 1.84 bits per heavy atom. The van der Waals surface area contributed by atoms with E-state index in [1.54, 1.807) is 24.0 Å². The van der Waals surface area contributed by atoms with E-state index in [0.717, 1.165) is 36.8 Å². The highest BCUT2D eigenvalue weighted by atomic mass is 35.5.